The predicted molar refractivity (Wildman–Crippen MR) is 284 cm³/mol. The largest absolute Gasteiger partial charge is 0.310 e. The summed E-state index contributed by atoms with van der Waals surface area (Å²) in [6.45, 7) is 0. The van der Waals surface area contributed by atoms with Crippen LogP contribution in [0.1, 0.15) is 50.4 Å². The van der Waals surface area contributed by atoms with Crippen LogP contribution < -0.4 is 9.80 Å². The summed E-state index contributed by atoms with van der Waals surface area (Å²) in [6, 6.07) is 77.7. The van der Waals surface area contributed by atoms with Crippen LogP contribution in [0.4, 0.5) is 34.1 Å². The molecule has 2 aliphatic heterocycles. The van der Waals surface area contributed by atoms with Crippen molar-refractivity contribution in [2.45, 2.75) is 16.7 Å². The lowest BCUT2D eigenvalue weighted by Gasteiger charge is -2.50. The fourth-order valence-electron chi connectivity index (χ4n) is 13.4. The number of anilines is 6. The number of pyridine rings is 2. The summed E-state index contributed by atoms with van der Waals surface area (Å²) in [7, 11) is 0. The smallest absolute Gasteiger partial charge is 0.0755 e. The highest BCUT2D eigenvalue weighted by molar-refractivity contribution is 6.00. The number of nitrogens with zero attached hydrogens (tertiary/aromatic N) is 4. The second-order valence-electron chi connectivity index (χ2n) is 19.2. The third kappa shape index (κ3) is 5.14. The maximum absolute atomic E-state index is 4.47. The molecule has 0 saturated carbocycles. The highest BCUT2D eigenvalue weighted by atomic mass is 15.2. The van der Waals surface area contributed by atoms with Crippen molar-refractivity contribution in [1.82, 2.24) is 9.97 Å². The molecule has 328 valence electrons. The molecule has 2 aromatic heterocycles. The first-order valence-electron chi connectivity index (χ1n) is 24.4. The maximum atomic E-state index is 4.47. The molecule has 0 saturated heterocycles. The summed E-state index contributed by atoms with van der Waals surface area (Å²) in [4.78, 5) is 14.1. The first kappa shape index (κ1) is 39.2. The van der Waals surface area contributed by atoms with E-state index in [4.69, 9.17) is 0 Å². The van der Waals surface area contributed by atoms with E-state index in [-0.39, 0.29) is 11.8 Å². The van der Waals surface area contributed by atoms with Crippen LogP contribution in [0.3, 0.4) is 0 Å². The minimum atomic E-state index is -0.635. The Kier molecular flexibility index (Phi) is 8.29. The Morgan fingerprint density at radius 2 is 0.843 bits per heavy atom. The SMILES string of the molecule is C1=CC2c3ccccc3C3(c4ccccc4N(c4ccc(-c5cccnc5)cc4)c4cc5c(cc43)N(c3ccc(-c4cccnc4)cc3)c3ccccc3C53c4ccccc4-c4ccccc43)C2C=C1. The highest BCUT2D eigenvalue weighted by Crippen LogP contribution is 2.69. The van der Waals surface area contributed by atoms with Crippen molar-refractivity contribution in [3.05, 3.63) is 300 Å². The van der Waals surface area contributed by atoms with Gasteiger partial charge in [-0.1, -0.05) is 170 Å². The van der Waals surface area contributed by atoms with Crippen LogP contribution in [0.5, 0.6) is 0 Å². The average Bonchev–Trinajstić information content (AvgIpc) is 3.90. The average molecular weight is 893 g/mol. The number of rotatable bonds is 4. The normalized spacial score (nSPS) is 18.9. The second-order valence-corrected chi connectivity index (χ2v) is 19.2. The van der Waals surface area contributed by atoms with E-state index in [9.17, 15) is 0 Å². The number of hydrogen-bond donors (Lipinski definition) is 0. The molecule has 5 aliphatic rings. The zero-order valence-corrected chi connectivity index (χ0v) is 38.2. The van der Waals surface area contributed by atoms with Crippen molar-refractivity contribution >= 4 is 34.1 Å². The molecule has 0 amide bonds. The van der Waals surface area contributed by atoms with E-state index < -0.39 is 10.8 Å². The number of allylic oxidation sites excluding steroid dienone is 4. The fraction of sp³-hybridized carbons (Fsp3) is 0.0606. The van der Waals surface area contributed by atoms with Crippen LogP contribution in [-0.4, -0.2) is 9.97 Å². The van der Waals surface area contributed by atoms with Gasteiger partial charge < -0.3 is 9.80 Å². The minimum Gasteiger partial charge on any atom is -0.310 e. The Labute approximate surface area is 407 Å². The van der Waals surface area contributed by atoms with E-state index in [0.29, 0.717) is 0 Å². The van der Waals surface area contributed by atoms with Crippen molar-refractivity contribution in [3.8, 4) is 33.4 Å². The lowest BCUT2D eigenvalue weighted by molar-refractivity contribution is 0.454. The molecule has 8 aromatic carbocycles. The molecule has 10 aromatic rings. The second kappa shape index (κ2) is 14.8. The third-order valence-corrected chi connectivity index (χ3v) is 16.1. The molecular weight excluding hydrogens is 849 g/mol. The van der Waals surface area contributed by atoms with Gasteiger partial charge in [-0.3, -0.25) is 9.97 Å². The first-order valence-corrected chi connectivity index (χ1v) is 24.4. The molecule has 4 heterocycles. The van der Waals surface area contributed by atoms with Gasteiger partial charge in [0.1, 0.15) is 0 Å². The summed E-state index contributed by atoms with van der Waals surface area (Å²) in [5, 5.41) is 0. The zero-order valence-electron chi connectivity index (χ0n) is 38.2. The fourth-order valence-corrected chi connectivity index (χ4v) is 13.4. The van der Waals surface area contributed by atoms with Crippen LogP contribution in [0, 0.1) is 5.92 Å². The van der Waals surface area contributed by atoms with Gasteiger partial charge >= 0.3 is 0 Å². The number of hydrogen-bond acceptors (Lipinski definition) is 4. The molecule has 0 fully saturated rings. The Morgan fingerprint density at radius 3 is 1.44 bits per heavy atom. The van der Waals surface area contributed by atoms with Gasteiger partial charge in [0, 0.05) is 48.0 Å². The Balaban J connectivity index is 1.09. The monoisotopic (exact) mass is 892 g/mol. The lowest BCUT2D eigenvalue weighted by atomic mass is 9.59. The molecule has 3 unspecified atom stereocenters. The first-order chi connectivity index (χ1) is 34.7. The van der Waals surface area contributed by atoms with E-state index in [1.54, 1.807) is 0 Å². The maximum Gasteiger partial charge on any atom is 0.0755 e. The van der Waals surface area contributed by atoms with Gasteiger partial charge in [0.25, 0.3) is 0 Å². The molecule has 0 bridgehead atoms. The van der Waals surface area contributed by atoms with E-state index in [0.717, 1.165) is 33.6 Å². The summed E-state index contributed by atoms with van der Waals surface area (Å²) in [6.07, 6.45) is 17.0. The lowest BCUT2D eigenvalue weighted by Crippen LogP contribution is -2.42. The van der Waals surface area contributed by atoms with Gasteiger partial charge in [-0.25, -0.2) is 0 Å². The number of para-hydroxylation sites is 2. The summed E-state index contributed by atoms with van der Waals surface area (Å²) < 4.78 is 0. The zero-order chi connectivity index (χ0) is 46.0. The number of fused-ring (bicyclic) bond motifs is 18. The van der Waals surface area contributed by atoms with Gasteiger partial charge in [0.15, 0.2) is 0 Å². The van der Waals surface area contributed by atoms with E-state index in [1.165, 1.54) is 78.4 Å². The van der Waals surface area contributed by atoms with Crippen LogP contribution in [0.25, 0.3) is 33.4 Å². The minimum absolute atomic E-state index is 0.132. The molecule has 4 nitrogen and oxygen atoms in total. The Hall–Kier alpha value is -8.86. The van der Waals surface area contributed by atoms with E-state index in [2.05, 4.69) is 238 Å². The molecular formula is C66H44N4. The van der Waals surface area contributed by atoms with Crippen LogP contribution in [0.2, 0.25) is 0 Å². The molecule has 70 heavy (non-hydrogen) atoms. The van der Waals surface area contributed by atoms with Crippen LogP contribution >= 0.6 is 0 Å². The quantitative estimate of drug-likeness (QED) is 0.176. The predicted octanol–water partition coefficient (Wildman–Crippen LogP) is 15.9. The topological polar surface area (TPSA) is 32.3 Å². The van der Waals surface area contributed by atoms with Gasteiger partial charge in [-0.15, -0.1) is 0 Å². The van der Waals surface area contributed by atoms with E-state index >= 15 is 0 Å². The van der Waals surface area contributed by atoms with Crippen molar-refractivity contribution < 1.29 is 0 Å². The molecule has 4 heteroatoms. The molecule has 15 rings (SSSR count). The van der Waals surface area contributed by atoms with Gasteiger partial charge in [0.05, 0.1) is 33.6 Å². The Bertz CT molecular complexity index is 3750. The third-order valence-electron chi connectivity index (χ3n) is 16.1. The van der Waals surface area contributed by atoms with Crippen LogP contribution in [-0.2, 0) is 10.8 Å². The molecule has 0 N–H and O–H groups in total. The Morgan fingerprint density at radius 1 is 0.357 bits per heavy atom. The van der Waals surface area contributed by atoms with Crippen molar-refractivity contribution in [1.29, 1.82) is 0 Å². The van der Waals surface area contributed by atoms with Gasteiger partial charge in [-0.05, 0) is 139 Å². The summed E-state index contributed by atoms with van der Waals surface area (Å²) >= 11 is 0. The molecule has 3 atom stereocenters. The number of benzene rings is 8. The van der Waals surface area contributed by atoms with E-state index in [1.807, 2.05) is 36.9 Å². The van der Waals surface area contributed by atoms with Crippen molar-refractivity contribution in [3.63, 3.8) is 0 Å². The summed E-state index contributed by atoms with van der Waals surface area (Å²) in [5.74, 6) is 0.341. The molecule has 2 spiro atoms. The highest BCUT2D eigenvalue weighted by Gasteiger charge is 2.59. The van der Waals surface area contributed by atoms with Crippen LogP contribution in [0.15, 0.2) is 255 Å². The van der Waals surface area contributed by atoms with Gasteiger partial charge in [-0.2, -0.15) is 0 Å². The van der Waals surface area contributed by atoms with Crippen molar-refractivity contribution in [2.75, 3.05) is 9.80 Å². The molecule has 0 radical (unpaired) electrons. The molecule has 3 aliphatic carbocycles. The van der Waals surface area contributed by atoms with Crippen molar-refractivity contribution in [2.24, 2.45) is 5.92 Å². The standard InChI is InChI=1S/C66H44N4/c1-5-21-53-49(17-1)50-18-2-6-22-54(50)65(53)57-25-9-11-27-61(57)69(47-33-29-43(30-34-47)45-15-13-37-67-41-45)63-40-60-64(39-59(63)65)70(48-35-31-44(32-36-48)46-16-14-38-68-42-46)62-28-12-10-26-58(62)66(60)55-23-7-3-19-51(55)52-20-4-8-24-56(52)66/h1-42,49,53H. The van der Waals surface area contributed by atoms with Gasteiger partial charge in [0.2, 0.25) is 0 Å². The summed E-state index contributed by atoms with van der Waals surface area (Å²) in [5.41, 5.74) is 23.3. The number of aromatic nitrogens is 2.